The first-order valence-corrected chi connectivity index (χ1v) is 6.89. The normalized spacial score (nSPS) is 21.0. The largest absolute Gasteiger partial charge is 0.454 e. The number of fused-ring (bicyclic) bond motifs is 1. The van der Waals surface area contributed by atoms with Gasteiger partial charge in [0.15, 0.2) is 5.76 Å². The van der Waals surface area contributed by atoms with Crippen LogP contribution in [0.25, 0.3) is 16.7 Å². The van der Waals surface area contributed by atoms with Crippen LogP contribution in [0.1, 0.15) is 11.3 Å². The van der Waals surface area contributed by atoms with E-state index in [2.05, 4.69) is 0 Å². The molecule has 4 nitrogen and oxygen atoms in total. The summed E-state index contributed by atoms with van der Waals surface area (Å²) >= 11 is 0. The molecule has 0 spiro atoms. The number of para-hydroxylation sites is 1. The Morgan fingerprint density at radius 1 is 0.955 bits per heavy atom. The molecule has 1 aromatic heterocycles. The zero-order valence-corrected chi connectivity index (χ0v) is 11.5. The van der Waals surface area contributed by atoms with Crippen LogP contribution >= 0.6 is 0 Å². The smallest absolute Gasteiger partial charge is 0.333 e. The minimum absolute atomic E-state index is 0.0841. The monoisotopic (exact) mass is 292 g/mol. The van der Waals surface area contributed by atoms with E-state index in [1.54, 1.807) is 12.1 Å². The van der Waals surface area contributed by atoms with Crippen LogP contribution in [0.15, 0.2) is 71.2 Å². The first kappa shape index (κ1) is 12.9. The molecule has 1 N–H and O–H groups in total. The standard InChI is InChI=1S/C18H12O4/c19-16-11-15(12-6-2-1-3-7-12)22-18(16,20)17-10-13-8-4-5-9-14(13)21-17/h1-11,20H. The second-order valence-corrected chi connectivity index (χ2v) is 5.13. The van der Waals surface area contributed by atoms with E-state index in [0.29, 0.717) is 11.3 Å². The fourth-order valence-corrected chi connectivity index (χ4v) is 2.52. The SMILES string of the molecule is O=C1C=C(c2ccccc2)OC1(O)c1cc2ccccc2o1. The summed E-state index contributed by atoms with van der Waals surface area (Å²) in [5, 5.41) is 11.4. The van der Waals surface area contributed by atoms with Crippen LogP contribution in [0.4, 0.5) is 0 Å². The Labute approximate surface area is 126 Å². The van der Waals surface area contributed by atoms with Gasteiger partial charge >= 0.3 is 5.79 Å². The first-order valence-electron chi connectivity index (χ1n) is 6.89. The van der Waals surface area contributed by atoms with Gasteiger partial charge in [-0.2, -0.15) is 0 Å². The van der Waals surface area contributed by atoms with Crippen LogP contribution in [0.2, 0.25) is 0 Å². The molecule has 0 fully saturated rings. The van der Waals surface area contributed by atoms with Crippen molar-refractivity contribution in [2.75, 3.05) is 0 Å². The average Bonchev–Trinajstić information content (AvgIpc) is 3.11. The lowest BCUT2D eigenvalue weighted by Gasteiger charge is -2.19. The van der Waals surface area contributed by atoms with E-state index in [9.17, 15) is 9.90 Å². The Kier molecular flexibility index (Phi) is 2.68. The van der Waals surface area contributed by atoms with Crippen molar-refractivity contribution in [1.82, 2.24) is 0 Å². The Bertz CT molecular complexity index is 859. The summed E-state index contributed by atoms with van der Waals surface area (Å²) in [7, 11) is 0. The van der Waals surface area contributed by atoms with Gasteiger partial charge in [0, 0.05) is 17.0 Å². The number of ether oxygens (including phenoxy) is 1. The second kappa shape index (κ2) is 4.58. The highest BCUT2D eigenvalue weighted by Crippen LogP contribution is 2.38. The van der Waals surface area contributed by atoms with Gasteiger partial charge < -0.3 is 14.3 Å². The summed E-state index contributed by atoms with van der Waals surface area (Å²) in [6.07, 6.45) is 1.29. The topological polar surface area (TPSA) is 59.7 Å². The molecular formula is C18H12O4. The highest BCUT2D eigenvalue weighted by atomic mass is 16.6. The van der Waals surface area contributed by atoms with Crippen molar-refractivity contribution >= 4 is 22.5 Å². The molecule has 0 amide bonds. The Balaban J connectivity index is 1.75. The third kappa shape index (κ3) is 1.85. The maximum atomic E-state index is 12.2. The van der Waals surface area contributed by atoms with Crippen molar-refractivity contribution in [3.8, 4) is 0 Å². The van der Waals surface area contributed by atoms with Crippen LogP contribution in [-0.4, -0.2) is 10.9 Å². The summed E-state index contributed by atoms with van der Waals surface area (Å²) in [6, 6.07) is 18.1. The molecule has 0 aliphatic carbocycles. The first-order chi connectivity index (χ1) is 10.7. The number of aliphatic hydroxyl groups is 1. The number of carbonyl (C=O) groups is 1. The molecule has 108 valence electrons. The van der Waals surface area contributed by atoms with Gasteiger partial charge in [0.2, 0.25) is 5.78 Å². The lowest BCUT2D eigenvalue weighted by Crippen LogP contribution is -2.32. The molecule has 2 aromatic carbocycles. The Hall–Kier alpha value is -2.85. The Morgan fingerprint density at radius 2 is 1.68 bits per heavy atom. The number of benzene rings is 2. The van der Waals surface area contributed by atoms with Crippen molar-refractivity contribution in [1.29, 1.82) is 0 Å². The summed E-state index contributed by atoms with van der Waals surface area (Å²) in [5.41, 5.74) is 1.32. The minimum Gasteiger partial charge on any atom is -0.454 e. The molecule has 1 aliphatic heterocycles. The van der Waals surface area contributed by atoms with Gasteiger partial charge in [-0.3, -0.25) is 4.79 Å². The molecule has 1 unspecified atom stereocenters. The van der Waals surface area contributed by atoms with E-state index < -0.39 is 11.6 Å². The molecule has 0 saturated carbocycles. The third-order valence-corrected chi connectivity index (χ3v) is 3.67. The van der Waals surface area contributed by atoms with E-state index >= 15 is 0 Å². The zero-order valence-electron chi connectivity index (χ0n) is 11.5. The second-order valence-electron chi connectivity index (χ2n) is 5.13. The Morgan fingerprint density at radius 3 is 2.45 bits per heavy atom. The van der Waals surface area contributed by atoms with Gasteiger partial charge in [-0.15, -0.1) is 0 Å². The molecule has 0 radical (unpaired) electrons. The van der Waals surface area contributed by atoms with Gasteiger partial charge in [-0.05, 0) is 12.1 Å². The van der Waals surface area contributed by atoms with Crippen molar-refractivity contribution in [2.45, 2.75) is 5.79 Å². The number of rotatable bonds is 2. The molecule has 1 atom stereocenters. The fraction of sp³-hybridized carbons (Fsp3) is 0.0556. The van der Waals surface area contributed by atoms with Gasteiger partial charge in [-0.1, -0.05) is 48.5 Å². The fourth-order valence-electron chi connectivity index (χ4n) is 2.52. The highest BCUT2D eigenvalue weighted by molar-refractivity contribution is 6.04. The van der Waals surface area contributed by atoms with Crippen LogP contribution in [-0.2, 0) is 15.3 Å². The maximum Gasteiger partial charge on any atom is 0.333 e. The zero-order chi connectivity index (χ0) is 15.2. The molecule has 2 heterocycles. The minimum atomic E-state index is -2.11. The third-order valence-electron chi connectivity index (χ3n) is 3.67. The molecule has 4 heteroatoms. The van der Waals surface area contributed by atoms with Crippen LogP contribution in [0, 0.1) is 0 Å². The van der Waals surface area contributed by atoms with Gasteiger partial charge in [0.05, 0.1) is 0 Å². The molecule has 0 bridgehead atoms. The van der Waals surface area contributed by atoms with E-state index in [-0.39, 0.29) is 5.76 Å². The summed E-state index contributed by atoms with van der Waals surface area (Å²) in [4.78, 5) is 12.2. The molecule has 3 aromatic rings. The van der Waals surface area contributed by atoms with Crippen LogP contribution < -0.4 is 0 Å². The predicted molar refractivity (Wildman–Crippen MR) is 80.6 cm³/mol. The van der Waals surface area contributed by atoms with E-state index in [1.165, 1.54) is 6.08 Å². The highest BCUT2D eigenvalue weighted by Gasteiger charge is 2.48. The molecule has 0 saturated heterocycles. The van der Waals surface area contributed by atoms with Crippen molar-refractivity contribution in [3.05, 3.63) is 78.1 Å². The lowest BCUT2D eigenvalue weighted by atomic mass is 10.1. The number of furan rings is 1. The lowest BCUT2D eigenvalue weighted by molar-refractivity contribution is -0.179. The quantitative estimate of drug-likeness (QED) is 0.788. The summed E-state index contributed by atoms with van der Waals surface area (Å²) in [5.74, 6) is -2.25. The van der Waals surface area contributed by atoms with Crippen molar-refractivity contribution in [2.24, 2.45) is 0 Å². The molecule has 1 aliphatic rings. The average molecular weight is 292 g/mol. The number of carbonyl (C=O) groups excluding carboxylic acids is 1. The predicted octanol–water partition coefficient (Wildman–Crippen LogP) is 3.22. The molecule has 4 rings (SSSR count). The van der Waals surface area contributed by atoms with E-state index in [0.717, 1.165) is 10.9 Å². The molecule has 22 heavy (non-hydrogen) atoms. The number of ketones is 1. The molecular weight excluding hydrogens is 280 g/mol. The number of hydrogen-bond donors (Lipinski definition) is 1. The summed E-state index contributed by atoms with van der Waals surface area (Å²) in [6.45, 7) is 0. The van der Waals surface area contributed by atoms with Crippen LogP contribution in [0.5, 0.6) is 0 Å². The van der Waals surface area contributed by atoms with Crippen LogP contribution in [0.3, 0.4) is 0 Å². The van der Waals surface area contributed by atoms with Crippen molar-refractivity contribution < 1.29 is 19.1 Å². The summed E-state index contributed by atoms with van der Waals surface area (Å²) < 4.78 is 11.1. The maximum absolute atomic E-state index is 12.2. The van der Waals surface area contributed by atoms with Crippen molar-refractivity contribution in [3.63, 3.8) is 0 Å². The van der Waals surface area contributed by atoms with E-state index in [1.807, 2.05) is 48.5 Å². The van der Waals surface area contributed by atoms with E-state index in [4.69, 9.17) is 9.15 Å². The number of hydrogen-bond acceptors (Lipinski definition) is 4. The van der Waals surface area contributed by atoms with Gasteiger partial charge in [0.1, 0.15) is 11.3 Å². The van der Waals surface area contributed by atoms with Gasteiger partial charge in [-0.25, -0.2) is 0 Å². The van der Waals surface area contributed by atoms with Gasteiger partial charge in [0.25, 0.3) is 0 Å².